The third-order valence-corrected chi connectivity index (χ3v) is 2.64. The summed E-state index contributed by atoms with van der Waals surface area (Å²) in [4.78, 5) is 23.0. The molecule has 0 aromatic heterocycles. The van der Waals surface area contributed by atoms with Crippen molar-refractivity contribution in [2.24, 2.45) is 5.73 Å². The van der Waals surface area contributed by atoms with Gasteiger partial charge in [-0.05, 0) is 38.5 Å². The van der Waals surface area contributed by atoms with Gasteiger partial charge in [0.2, 0.25) is 0 Å². The van der Waals surface area contributed by atoms with E-state index in [1.165, 1.54) is 0 Å². The molecule has 20 heavy (non-hydrogen) atoms. The Morgan fingerprint density at radius 1 is 1.35 bits per heavy atom. The Bertz CT molecular complexity index is 474. The van der Waals surface area contributed by atoms with Crippen molar-refractivity contribution in [1.82, 2.24) is 10.6 Å². The van der Waals surface area contributed by atoms with E-state index >= 15 is 0 Å². The van der Waals surface area contributed by atoms with Crippen LogP contribution in [0.15, 0.2) is 24.3 Å². The number of benzene rings is 1. The molecule has 0 radical (unpaired) electrons. The molecule has 0 aliphatic heterocycles. The first kappa shape index (κ1) is 16.0. The van der Waals surface area contributed by atoms with Gasteiger partial charge in [0.15, 0.2) is 6.10 Å². The monoisotopic (exact) mass is 279 g/mol. The van der Waals surface area contributed by atoms with Crippen molar-refractivity contribution in [2.45, 2.75) is 32.9 Å². The van der Waals surface area contributed by atoms with Gasteiger partial charge in [-0.2, -0.15) is 0 Å². The highest BCUT2D eigenvalue weighted by molar-refractivity contribution is 5.96. The van der Waals surface area contributed by atoms with Crippen molar-refractivity contribution in [1.29, 1.82) is 0 Å². The van der Waals surface area contributed by atoms with Crippen LogP contribution in [0, 0.1) is 0 Å². The van der Waals surface area contributed by atoms with Crippen LogP contribution in [-0.2, 0) is 4.79 Å². The highest BCUT2D eigenvalue weighted by Gasteiger charge is 2.17. The van der Waals surface area contributed by atoms with E-state index in [2.05, 4.69) is 10.6 Å². The SMILES string of the molecule is CCNC(=O)NC(=O)C(C)Oc1cccc(C(C)N)c1. The molecule has 0 saturated carbocycles. The smallest absolute Gasteiger partial charge is 0.321 e. The van der Waals surface area contributed by atoms with E-state index in [9.17, 15) is 9.59 Å². The summed E-state index contributed by atoms with van der Waals surface area (Å²) in [5.74, 6) is 0.0421. The normalized spacial score (nSPS) is 13.2. The van der Waals surface area contributed by atoms with Crippen LogP contribution in [-0.4, -0.2) is 24.6 Å². The van der Waals surface area contributed by atoms with Crippen molar-refractivity contribution in [3.05, 3.63) is 29.8 Å². The summed E-state index contributed by atoms with van der Waals surface area (Å²) in [6.45, 7) is 5.66. The molecule has 0 bridgehead atoms. The lowest BCUT2D eigenvalue weighted by Gasteiger charge is -2.15. The van der Waals surface area contributed by atoms with Crippen molar-refractivity contribution in [3.63, 3.8) is 0 Å². The lowest BCUT2D eigenvalue weighted by atomic mass is 10.1. The molecule has 2 atom stereocenters. The second-order valence-corrected chi connectivity index (χ2v) is 4.47. The van der Waals surface area contributed by atoms with E-state index in [1.807, 2.05) is 19.1 Å². The molecule has 0 spiro atoms. The minimum absolute atomic E-state index is 0.113. The van der Waals surface area contributed by atoms with Crippen LogP contribution in [0.2, 0.25) is 0 Å². The number of rotatable bonds is 5. The molecule has 6 nitrogen and oxygen atoms in total. The number of amides is 3. The standard InChI is InChI=1S/C14H21N3O3/c1-4-16-14(19)17-13(18)10(3)20-12-7-5-6-11(8-12)9(2)15/h5-10H,4,15H2,1-3H3,(H2,16,17,18,19). The maximum absolute atomic E-state index is 11.7. The predicted molar refractivity (Wildman–Crippen MR) is 76.3 cm³/mol. The van der Waals surface area contributed by atoms with E-state index in [-0.39, 0.29) is 6.04 Å². The average molecular weight is 279 g/mol. The molecule has 0 aliphatic carbocycles. The molecular formula is C14H21N3O3. The van der Waals surface area contributed by atoms with E-state index in [0.717, 1.165) is 5.56 Å². The predicted octanol–water partition coefficient (Wildman–Crippen LogP) is 1.32. The minimum atomic E-state index is -0.777. The van der Waals surface area contributed by atoms with Crippen LogP contribution in [0.3, 0.4) is 0 Å². The number of imide groups is 1. The van der Waals surface area contributed by atoms with Gasteiger partial charge >= 0.3 is 6.03 Å². The summed E-state index contributed by atoms with van der Waals surface area (Å²) < 4.78 is 5.50. The van der Waals surface area contributed by atoms with Gasteiger partial charge in [-0.1, -0.05) is 12.1 Å². The van der Waals surface area contributed by atoms with E-state index in [0.29, 0.717) is 12.3 Å². The van der Waals surface area contributed by atoms with Crippen molar-refractivity contribution < 1.29 is 14.3 Å². The Hall–Kier alpha value is -2.08. The van der Waals surface area contributed by atoms with Gasteiger partial charge < -0.3 is 15.8 Å². The Balaban J connectivity index is 2.61. The maximum Gasteiger partial charge on any atom is 0.321 e. The van der Waals surface area contributed by atoms with Crippen LogP contribution < -0.4 is 21.1 Å². The van der Waals surface area contributed by atoms with E-state index in [4.69, 9.17) is 10.5 Å². The summed E-state index contributed by atoms with van der Waals surface area (Å²) in [6.07, 6.45) is -0.777. The van der Waals surface area contributed by atoms with Gasteiger partial charge in [0.05, 0.1) is 0 Å². The Morgan fingerprint density at radius 2 is 2.05 bits per heavy atom. The fourth-order valence-electron chi connectivity index (χ4n) is 1.55. The maximum atomic E-state index is 11.7. The Morgan fingerprint density at radius 3 is 2.65 bits per heavy atom. The minimum Gasteiger partial charge on any atom is -0.481 e. The summed E-state index contributed by atoms with van der Waals surface area (Å²) in [5.41, 5.74) is 6.70. The van der Waals surface area contributed by atoms with Gasteiger partial charge in [0, 0.05) is 12.6 Å². The zero-order valence-electron chi connectivity index (χ0n) is 12.0. The Kier molecular flexibility index (Phi) is 5.99. The largest absolute Gasteiger partial charge is 0.481 e. The highest BCUT2D eigenvalue weighted by Crippen LogP contribution is 2.18. The van der Waals surface area contributed by atoms with Crippen molar-refractivity contribution in [3.8, 4) is 5.75 Å². The van der Waals surface area contributed by atoms with E-state index < -0.39 is 18.0 Å². The van der Waals surface area contributed by atoms with Gasteiger partial charge in [0.25, 0.3) is 5.91 Å². The van der Waals surface area contributed by atoms with Crippen LogP contribution in [0.1, 0.15) is 32.4 Å². The van der Waals surface area contributed by atoms with Crippen molar-refractivity contribution in [2.75, 3.05) is 6.54 Å². The summed E-state index contributed by atoms with van der Waals surface area (Å²) in [7, 11) is 0. The van der Waals surface area contributed by atoms with Gasteiger partial charge in [-0.15, -0.1) is 0 Å². The zero-order chi connectivity index (χ0) is 15.1. The lowest BCUT2D eigenvalue weighted by Crippen LogP contribution is -2.45. The molecule has 110 valence electrons. The molecule has 1 aromatic rings. The summed E-state index contributed by atoms with van der Waals surface area (Å²) >= 11 is 0. The molecule has 2 unspecified atom stereocenters. The molecular weight excluding hydrogens is 258 g/mol. The molecule has 4 N–H and O–H groups in total. The number of carbonyl (C=O) groups is 2. The van der Waals surface area contributed by atoms with Crippen LogP contribution in [0.4, 0.5) is 4.79 Å². The fraction of sp³-hybridized carbons (Fsp3) is 0.429. The quantitative estimate of drug-likeness (QED) is 0.757. The highest BCUT2D eigenvalue weighted by atomic mass is 16.5. The number of hydrogen-bond acceptors (Lipinski definition) is 4. The first-order chi connectivity index (χ1) is 9.43. The molecule has 0 saturated heterocycles. The molecule has 6 heteroatoms. The van der Waals surface area contributed by atoms with Crippen molar-refractivity contribution >= 4 is 11.9 Å². The molecule has 0 aliphatic rings. The number of ether oxygens (including phenoxy) is 1. The van der Waals surface area contributed by atoms with Crippen LogP contribution in [0.25, 0.3) is 0 Å². The molecule has 0 fully saturated rings. The van der Waals surface area contributed by atoms with Crippen LogP contribution >= 0.6 is 0 Å². The number of hydrogen-bond donors (Lipinski definition) is 3. The first-order valence-corrected chi connectivity index (χ1v) is 6.55. The molecule has 0 heterocycles. The lowest BCUT2D eigenvalue weighted by molar-refractivity contribution is -0.126. The van der Waals surface area contributed by atoms with Gasteiger partial charge in [-0.3, -0.25) is 10.1 Å². The number of nitrogens with one attached hydrogen (secondary N) is 2. The van der Waals surface area contributed by atoms with Gasteiger partial charge in [-0.25, -0.2) is 4.79 Å². The Labute approximate surface area is 118 Å². The van der Waals surface area contributed by atoms with E-state index in [1.54, 1.807) is 26.0 Å². The summed E-state index contributed by atoms with van der Waals surface area (Å²) in [5, 5.41) is 4.68. The third kappa shape index (κ3) is 4.89. The zero-order valence-corrected chi connectivity index (χ0v) is 12.0. The third-order valence-electron chi connectivity index (χ3n) is 2.64. The topological polar surface area (TPSA) is 93.5 Å². The van der Waals surface area contributed by atoms with Gasteiger partial charge in [0.1, 0.15) is 5.75 Å². The van der Waals surface area contributed by atoms with Crippen LogP contribution in [0.5, 0.6) is 5.75 Å². The number of urea groups is 1. The second-order valence-electron chi connectivity index (χ2n) is 4.47. The fourth-order valence-corrected chi connectivity index (χ4v) is 1.55. The molecule has 1 rings (SSSR count). The summed E-state index contributed by atoms with van der Waals surface area (Å²) in [6, 6.07) is 6.57. The molecule has 1 aromatic carbocycles. The first-order valence-electron chi connectivity index (χ1n) is 6.55. The average Bonchev–Trinajstić information content (AvgIpc) is 2.39. The number of nitrogens with two attached hydrogens (primary N) is 1. The second kappa shape index (κ2) is 7.49. The molecule has 3 amide bonds. The number of carbonyl (C=O) groups excluding carboxylic acids is 2.